The third kappa shape index (κ3) is 4.16. The van der Waals surface area contributed by atoms with E-state index in [1.807, 2.05) is 24.3 Å². The van der Waals surface area contributed by atoms with Gasteiger partial charge in [-0.25, -0.2) is 4.98 Å². The summed E-state index contributed by atoms with van der Waals surface area (Å²) in [6.07, 6.45) is 5.12. The van der Waals surface area contributed by atoms with Gasteiger partial charge in [0.2, 0.25) is 17.6 Å². The molecule has 0 radical (unpaired) electrons. The Kier molecular flexibility index (Phi) is 5.15. The molecule has 7 nitrogen and oxygen atoms in total. The number of nitrogens with one attached hydrogen (secondary N) is 1. The molecule has 0 saturated carbocycles. The lowest BCUT2D eigenvalue weighted by atomic mass is 10.0. The number of aryl methyl sites for hydroxylation is 3. The molecule has 1 aliphatic rings. The minimum absolute atomic E-state index is 0.0923. The number of thiazole rings is 1. The average Bonchev–Trinajstić information content (AvgIpc) is 3.33. The summed E-state index contributed by atoms with van der Waals surface area (Å²) in [6, 6.07) is 7.41. The van der Waals surface area contributed by atoms with Gasteiger partial charge in [0.1, 0.15) is 5.75 Å². The Hall–Kier alpha value is -2.74. The molecule has 27 heavy (non-hydrogen) atoms. The number of methoxy groups -OCH3 is 1. The van der Waals surface area contributed by atoms with Crippen LogP contribution in [0.5, 0.6) is 5.75 Å². The molecular formula is C19H20N4O3S. The number of hydrogen-bond donors (Lipinski definition) is 1. The van der Waals surface area contributed by atoms with Crippen LogP contribution in [0.3, 0.4) is 0 Å². The van der Waals surface area contributed by atoms with E-state index in [-0.39, 0.29) is 12.3 Å². The lowest BCUT2D eigenvalue weighted by molar-refractivity contribution is -0.116. The average molecular weight is 384 g/mol. The summed E-state index contributed by atoms with van der Waals surface area (Å²) < 4.78 is 10.4. The van der Waals surface area contributed by atoms with Crippen molar-refractivity contribution in [2.75, 3.05) is 12.4 Å². The number of rotatable bonds is 6. The highest BCUT2D eigenvalue weighted by Crippen LogP contribution is 2.29. The molecule has 2 aromatic heterocycles. The van der Waals surface area contributed by atoms with Crippen molar-refractivity contribution in [3.63, 3.8) is 0 Å². The standard InChI is InChI=1S/C19H20N4O3S/c1-25-13-8-6-12(7-9-13)18-22-17(26-23-18)11-10-16(24)21-19-20-14-4-2-3-5-15(14)27-19/h6-9H,2-5,10-11H2,1H3,(H,20,21,24). The molecule has 140 valence electrons. The van der Waals surface area contributed by atoms with Crippen molar-refractivity contribution in [1.82, 2.24) is 15.1 Å². The normalized spacial score (nSPS) is 13.2. The number of amides is 1. The largest absolute Gasteiger partial charge is 0.497 e. The first-order valence-electron chi connectivity index (χ1n) is 8.97. The maximum Gasteiger partial charge on any atom is 0.227 e. The van der Waals surface area contributed by atoms with Gasteiger partial charge in [0.05, 0.1) is 12.8 Å². The number of fused-ring (bicyclic) bond motifs is 1. The van der Waals surface area contributed by atoms with E-state index in [1.54, 1.807) is 18.4 Å². The molecule has 0 fully saturated rings. The highest BCUT2D eigenvalue weighted by atomic mass is 32.1. The van der Waals surface area contributed by atoms with Gasteiger partial charge in [-0.2, -0.15) is 4.98 Å². The van der Waals surface area contributed by atoms with Crippen LogP contribution in [0.15, 0.2) is 28.8 Å². The number of hydrogen-bond acceptors (Lipinski definition) is 7. The lowest BCUT2D eigenvalue weighted by Crippen LogP contribution is -2.12. The molecule has 0 spiro atoms. The molecule has 1 aliphatic carbocycles. The molecule has 2 heterocycles. The summed E-state index contributed by atoms with van der Waals surface area (Å²) in [4.78, 5) is 22.4. The van der Waals surface area contributed by atoms with Crippen LogP contribution in [0.2, 0.25) is 0 Å². The monoisotopic (exact) mass is 384 g/mol. The zero-order valence-electron chi connectivity index (χ0n) is 15.0. The summed E-state index contributed by atoms with van der Waals surface area (Å²) in [5.74, 6) is 1.61. The fourth-order valence-corrected chi connectivity index (χ4v) is 4.09. The number of carbonyl (C=O) groups is 1. The lowest BCUT2D eigenvalue weighted by Gasteiger charge is -2.06. The highest BCUT2D eigenvalue weighted by Gasteiger charge is 2.17. The van der Waals surface area contributed by atoms with Gasteiger partial charge >= 0.3 is 0 Å². The number of nitrogens with zero attached hydrogens (tertiary/aromatic N) is 3. The van der Waals surface area contributed by atoms with Crippen LogP contribution < -0.4 is 10.1 Å². The van der Waals surface area contributed by atoms with E-state index in [2.05, 4.69) is 20.4 Å². The van der Waals surface area contributed by atoms with E-state index in [1.165, 1.54) is 17.7 Å². The van der Waals surface area contributed by atoms with Crippen LogP contribution in [0, 0.1) is 0 Å². The van der Waals surface area contributed by atoms with E-state index >= 15 is 0 Å². The zero-order valence-corrected chi connectivity index (χ0v) is 15.8. The Balaban J connectivity index is 1.32. The number of carbonyl (C=O) groups excluding carboxylic acids is 1. The third-order valence-electron chi connectivity index (χ3n) is 4.47. The van der Waals surface area contributed by atoms with Gasteiger partial charge in [0.15, 0.2) is 5.13 Å². The summed E-state index contributed by atoms with van der Waals surface area (Å²) >= 11 is 1.58. The fourth-order valence-electron chi connectivity index (χ4n) is 3.02. The van der Waals surface area contributed by atoms with Crippen molar-refractivity contribution in [1.29, 1.82) is 0 Å². The smallest absolute Gasteiger partial charge is 0.227 e. The Bertz CT molecular complexity index is 909. The molecule has 1 amide bonds. The second kappa shape index (κ2) is 7.87. The summed E-state index contributed by atoms with van der Waals surface area (Å²) in [5.41, 5.74) is 1.98. The molecule has 1 aromatic carbocycles. The number of anilines is 1. The van der Waals surface area contributed by atoms with Crippen molar-refractivity contribution in [3.05, 3.63) is 40.7 Å². The highest BCUT2D eigenvalue weighted by molar-refractivity contribution is 7.15. The predicted molar refractivity (Wildman–Crippen MR) is 102 cm³/mol. The Labute approximate surface area is 160 Å². The Morgan fingerprint density at radius 3 is 2.81 bits per heavy atom. The summed E-state index contributed by atoms with van der Waals surface area (Å²) in [5, 5.41) is 7.56. The van der Waals surface area contributed by atoms with Crippen LogP contribution in [0.4, 0.5) is 5.13 Å². The minimum atomic E-state index is -0.0923. The topological polar surface area (TPSA) is 90.1 Å². The number of benzene rings is 1. The summed E-state index contributed by atoms with van der Waals surface area (Å²) in [6.45, 7) is 0. The van der Waals surface area contributed by atoms with Crippen LogP contribution in [0.25, 0.3) is 11.4 Å². The Morgan fingerprint density at radius 2 is 2.04 bits per heavy atom. The van der Waals surface area contributed by atoms with Crippen molar-refractivity contribution in [2.24, 2.45) is 0 Å². The van der Waals surface area contributed by atoms with E-state index in [0.717, 1.165) is 29.8 Å². The van der Waals surface area contributed by atoms with Crippen LogP contribution in [-0.2, 0) is 24.1 Å². The van der Waals surface area contributed by atoms with Gasteiger partial charge in [-0.3, -0.25) is 4.79 Å². The van der Waals surface area contributed by atoms with Gasteiger partial charge in [0, 0.05) is 23.3 Å². The maximum absolute atomic E-state index is 12.2. The van der Waals surface area contributed by atoms with Crippen molar-refractivity contribution in [3.8, 4) is 17.1 Å². The molecule has 0 unspecified atom stereocenters. The van der Waals surface area contributed by atoms with Crippen molar-refractivity contribution < 1.29 is 14.1 Å². The number of aromatic nitrogens is 3. The van der Waals surface area contributed by atoms with Crippen LogP contribution in [0.1, 0.15) is 35.7 Å². The molecular weight excluding hydrogens is 364 g/mol. The van der Waals surface area contributed by atoms with E-state index in [0.29, 0.717) is 23.3 Å². The van der Waals surface area contributed by atoms with Gasteiger partial charge in [-0.05, 0) is 49.9 Å². The first-order valence-corrected chi connectivity index (χ1v) is 9.78. The third-order valence-corrected chi connectivity index (χ3v) is 5.55. The first-order chi connectivity index (χ1) is 13.2. The Morgan fingerprint density at radius 1 is 1.22 bits per heavy atom. The van der Waals surface area contributed by atoms with E-state index in [4.69, 9.17) is 9.26 Å². The fraction of sp³-hybridized carbons (Fsp3) is 0.368. The number of ether oxygens (including phenoxy) is 1. The second-order valence-corrected chi connectivity index (χ2v) is 7.47. The zero-order chi connectivity index (χ0) is 18.6. The molecule has 1 N–H and O–H groups in total. The predicted octanol–water partition coefficient (Wildman–Crippen LogP) is 3.65. The molecule has 4 rings (SSSR count). The minimum Gasteiger partial charge on any atom is -0.497 e. The van der Waals surface area contributed by atoms with Crippen molar-refractivity contribution >= 4 is 22.4 Å². The second-order valence-electron chi connectivity index (χ2n) is 6.38. The van der Waals surface area contributed by atoms with Gasteiger partial charge in [-0.15, -0.1) is 11.3 Å². The van der Waals surface area contributed by atoms with Gasteiger partial charge < -0.3 is 14.6 Å². The van der Waals surface area contributed by atoms with Gasteiger partial charge in [-0.1, -0.05) is 5.16 Å². The van der Waals surface area contributed by atoms with Crippen LogP contribution in [-0.4, -0.2) is 28.1 Å². The van der Waals surface area contributed by atoms with E-state index < -0.39 is 0 Å². The molecule has 3 aromatic rings. The van der Waals surface area contributed by atoms with E-state index in [9.17, 15) is 4.79 Å². The maximum atomic E-state index is 12.2. The van der Waals surface area contributed by atoms with Crippen molar-refractivity contribution in [2.45, 2.75) is 38.5 Å². The first kappa shape index (κ1) is 17.7. The summed E-state index contributed by atoms with van der Waals surface area (Å²) in [7, 11) is 1.62. The molecule has 8 heteroatoms. The van der Waals surface area contributed by atoms with Crippen LogP contribution >= 0.6 is 11.3 Å². The molecule has 0 aliphatic heterocycles. The quantitative estimate of drug-likeness (QED) is 0.698. The molecule has 0 atom stereocenters. The molecule has 0 bridgehead atoms. The van der Waals surface area contributed by atoms with Gasteiger partial charge in [0.25, 0.3) is 0 Å². The molecule has 0 saturated heterocycles. The SMILES string of the molecule is COc1ccc(-c2noc(CCC(=O)Nc3nc4c(s3)CCCC4)n2)cc1.